The van der Waals surface area contributed by atoms with E-state index in [9.17, 15) is 4.79 Å². The van der Waals surface area contributed by atoms with Gasteiger partial charge in [0.05, 0.1) is 18.8 Å². The number of hydrogen-bond donors (Lipinski definition) is 0. The molecule has 0 saturated carbocycles. The molecule has 1 aromatic rings. The molecule has 1 saturated heterocycles. The van der Waals surface area contributed by atoms with Crippen molar-refractivity contribution >= 4 is 22.0 Å². The molecule has 0 unspecified atom stereocenters. The Hall–Kier alpha value is -1.10. The highest BCUT2D eigenvalue weighted by Gasteiger charge is 2.20. The number of aromatic nitrogens is 1. The lowest BCUT2D eigenvalue weighted by atomic mass is 10.3. The van der Waals surface area contributed by atoms with Crippen LogP contribution in [0.5, 0.6) is 0 Å². The van der Waals surface area contributed by atoms with Crippen LogP contribution in [0.15, 0.2) is 22.8 Å². The molecular weight excluding hydrogens is 260 g/mol. The highest BCUT2D eigenvalue weighted by atomic mass is 79.9. The van der Waals surface area contributed by atoms with Crippen molar-refractivity contribution in [2.75, 3.05) is 13.2 Å². The van der Waals surface area contributed by atoms with Gasteiger partial charge >= 0.3 is 6.09 Å². The number of pyridine rings is 1. The van der Waals surface area contributed by atoms with Gasteiger partial charge < -0.3 is 9.64 Å². The van der Waals surface area contributed by atoms with Crippen molar-refractivity contribution in [1.82, 2.24) is 9.88 Å². The number of carbonyl (C=O) groups is 1. The fourth-order valence-electron chi connectivity index (χ4n) is 1.46. The predicted octanol–water partition coefficient (Wildman–Crippen LogP) is 2.19. The molecule has 0 N–H and O–H groups in total. The Bertz CT molecular complexity index is 370. The van der Waals surface area contributed by atoms with E-state index in [1.807, 2.05) is 12.1 Å². The van der Waals surface area contributed by atoms with Crippen LogP contribution in [0.25, 0.3) is 0 Å². The third-order valence-electron chi connectivity index (χ3n) is 2.23. The van der Waals surface area contributed by atoms with Gasteiger partial charge in [0.1, 0.15) is 0 Å². The van der Waals surface area contributed by atoms with Crippen LogP contribution in [0.1, 0.15) is 12.1 Å². The standard InChI is InChI=1S/C10H11BrN2O2/c11-8-3-1-4-12-9(8)7-13-5-2-6-15-10(13)14/h1,3-4H,2,5-7H2. The van der Waals surface area contributed by atoms with Crippen molar-refractivity contribution in [2.45, 2.75) is 13.0 Å². The number of nitrogens with zero attached hydrogens (tertiary/aromatic N) is 2. The minimum Gasteiger partial charge on any atom is -0.449 e. The first-order valence-corrected chi connectivity index (χ1v) is 5.58. The summed E-state index contributed by atoms with van der Waals surface area (Å²) in [6.07, 6.45) is 2.35. The average Bonchev–Trinajstić information content (AvgIpc) is 2.24. The molecule has 2 heterocycles. The van der Waals surface area contributed by atoms with Gasteiger partial charge in [0.25, 0.3) is 0 Å². The van der Waals surface area contributed by atoms with Crippen molar-refractivity contribution in [3.63, 3.8) is 0 Å². The van der Waals surface area contributed by atoms with Gasteiger partial charge in [-0.15, -0.1) is 0 Å². The van der Waals surface area contributed by atoms with Gasteiger partial charge in [-0.25, -0.2) is 4.79 Å². The maximum absolute atomic E-state index is 11.4. The Morgan fingerprint density at radius 1 is 1.60 bits per heavy atom. The van der Waals surface area contributed by atoms with Gasteiger partial charge in [0.2, 0.25) is 0 Å². The highest BCUT2D eigenvalue weighted by Crippen LogP contribution is 2.17. The molecule has 2 rings (SSSR count). The summed E-state index contributed by atoms with van der Waals surface area (Å²) in [6.45, 7) is 1.76. The molecule has 0 atom stereocenters. The molecule has 1 aliphatic rings. The second-order valence-corrected chi connectivity index (χ2v) is 4.18. The molecule has 5 heteroatoms. The highest BCUT2D eigenvalue weighted by molar-refractivity contribution is 9.10. The van der Waals surface area contributed by atoms with Crippen LogP contribution in [0.4, 0.5) is 4.79 Å². The normalized spacial score (nSPS) is 16.3. The monoisotopic (exact) mass is 270 g/mol. The molecule has 4 nitrogen and oxygen atoms in total. The molecule has 0 aromatic carbocycles. The summed E-state index contributed by atoms with van der Waals surface area (Å²) in [7, 11) is 0. The van der Waals surface area contributed by atoms with Gasteiger partial charge in [0.15, 0.2) is 0 Å². The zero-order valence-electron chi connectivity index (χ0n) is 8.15. The van der Waals surface area contributed by atoms with Gasteiger partial charge in [-0.3, -0.25) is 4.98 Å². The molecule has 0 aliphatic carbocycles. The van der Waals surface area contributed by atoms with Crippen molar-refractivity contribution in [3.8, 4) is 0 Å². The van der Waals surface area contributed by atoms with Crippen LogP contribution in [0.3, 0.4) is 0 Å². The van der Waals surface area contributed by atoms with E-state index < -0.39 is 0 Å². The van der Waals surface area contributed by atoms with Gasteiger partial charge in [-0.1, -0.05) is 0 Å². The van der Waals surface area contributed by atoms with Crippen LogP contribution in [0, 0.1) is 0 Å². The Morgan fingerprint density at radius 3 is 3.20 bits per heavy atom. The first kappa shape index (κ1) is 10.4. The third kappa shape index (κ3) is 2.47. The lowest BCUT2D eigenvalue weighted by Gasteiger charge is -2.26. The largest absolute Gasteiger partial charge is 0.449 e. The summed E-state index contributed by atoms with van der Waals surface area (Å²) in [5, 5.41) is 0. The minimum atomic E-state index is -0.251. The number of hydrogen-bond acceptors (Lipinski definition) is 3. The Balaban J connectivity index is 2.08. The van der Waals surface area contributed by atoms with E-state index in [4.69, 9.17) is 4.74 Å². The lowest BCUT2D eigenvalue weighted by Crippen LogP contribution is -2.37. The van der Waals surface area contributed by atoms with E-state index in [0.717, 1.165) is 23.1 Å². The molecule has 1 aliphatic heterocycles. The van der Waals surface area contributed by atoms with Gasteiger partial charge in [0, 0.05) is 17.2 Å². The zero-order valence-corrected chi connectivity index (χ0v) is 9.74. The topological polar surface area (TPSA) is 42.4 Å². The summed E-state index contributed by atoms with van der Waals surface area (Å²) >= 11 is 3.40. The van der Waals surface area contributed by atoms with Crippen molar-refractivity contribution < 1.29 is 9.53 Å². The Kier molecular flexibility index (Phi) is 3.20. The van der Waals surface area contributed by atoms with Gasteiger partial charge in [-0.2, -0.15) is 0 Å². The molecule has 1 fully saturated rings. The number of carbonyl (C=O) groups excluding carboxylic acids is 1. The Morgan fingerprint density at radius 2 is 2.47 bits per heavy atom. The van der Waals surface area contributed by atoms with Crippen molar-refractivity contribution in [3.05, 3.63) is 28.5 Å². The molecule has 1 aromatic heterocycles. The summed E-state index contributed by atoms with van der Waals surface area (Å²) in [5.74, 6) is 0. The van der Waals surface area contributed by atoms with Crippen LogP contribution in [-0.2, 0) is 11.3 Å². The van der Waals surface area contributed by atoms with E-state index in [1.54, 1.807) is 11.1 Å². The van der Waals surface area contributed by atoms with E-state index in [1.165, 1.54) is 0 Å². The first-order valence-electron chi connectivity index (χ1n) is 4.78. The summed E-state index contributed by atoms with van der Waals surface area (Å²) in [5.41, 5.74) is 0.858. The third-order valence-corrected chi connectivity index (χ3v) is 2.95. The molecular formula is C10H11BrN2O2. The van der Waals surface area contributed by atoms with Crippen LogP contribution in [-0.4, -0.2) is 29.1 Å². The first-order chi connectivity index (χ1) is 7.27. The van der Waals surface area contributed by atoms with E-state index in [2.05, 4.69) is 20.9 Å². The zero-order chi connectivity index (χ0) is 10.7. The number of amides is 1. The number of cyclic esters (lactones) is 1. The molecule has 15 heavy (non-hydrogen) atoms. The van der Waals surface area contributed by atoms with Crippen LogP contribution < -0.4 is 0 Å². The van der Waals surface area contributed by atoms with Gasteiger partial charge in [-0.05, 0) is 34.5 Å². The molecule has 0 radical (unpaired) electrons. The van der Waals surface area contributed by atoms with Crippen molar-refractivity contribution in [1.29, 1.82) is 0 Å². The second-order valence-electron chi connectivity index (χ2n) is 3.32. The Labute approximate surface area is 96.4 Å². The number of halogens is 1. The number of rotatable bonds is 2. The number of ether oxygens (including phenoxy) is 1. The predicted molar refractivity (Wildman–Crippen MR) is 58.3 cm³/mol. The second kappa shape index (κ2) is 4.61. The molecule has 1 amide bonds. The molecule has 0 spiro atoms. The minimum absolute atomic E-state index is 0.251. The van der Waals surface area contributed by atoms with E-state index >= 15 is 0 Å². The maximum Gasteiger partial charge on any atom is 0.410 e. The van der Waals surface area contributed by atoms with Crippen LogP contribution in [0.2, 0.25) is 0 Å². The van der Waals surface area contributed by atoms with E-state index in [-0.39, 0.29) is 6.09 Å². The van der Waals surface area contributed by atoms with E-state index in [0.29, 0.717) is 13.2 Å². The molecule has 0 bridgehead atoms. The fourth-order valence-corrected chi connectivity index (χ4v) is 1.84. The SMILES string of the molecule is O=C1OCCCN1Cc1ncccc1Br. The quantitative estimate of drug-likeness (QED) is 0.828. The fraction of sp³-hybridized carbons (Fsp3) is 0.400. The summed E-state index contributed by atoms with van der Waals surface area (Å²) < 4.78 is 5.87. The summed E-state index contributed by atoms with van der Waals surface area (Å²) in [6, 6.07) is 3.76. The lowest BCUT2D eigenvalue weighted by molar-refractivity contribution is 0.0695. The van der Waals surface area contributed by atoms with Crippen molar-refractivity contribution in [2.24, 2.45) is 0 Å². The van der Waals surface area contributed by atoms with Crippen LogP contribution >= 0.6 is 15.9 Å². The average molecular weight is 271 g/mol. The summed E-state index contributed by atoms with van der Waals surface area (Å²) in [4.78, 5) is 17.2. The maximum atomic E-state index is 11.4. The molecule has 80 valence electrons. The smallest absolute Gasteiger partial charge is 0.410 e.